The van der Waals surface area contributed by atoms with Crippen LogP contribution in [0.3, 0.4) is 0 Å². The second-order valence-electron chi connectivity index (χ2n) is 5.82. The molecule has 1 N–H and O–H groups in total. The highest BCUT2D eigenvalue weighted by Gasteiger charge is 2.31. The van der Waals surface area contributed by atoms with Gasteiger partial charge in [-0.3, -0.25) is 9.10 Å². The van der Waals surface area contributed by atoms with Crippen LogP contribution in [0.25, 0.3) is 0 Å². The molecule has 0 unspecified atom stereocenters. The number of carbonyl (C=O) groups excluding carboxylic acids is 1. The van der Waals surface area contributed by atoms with Crippen molar-refractivity contribution in [3.05, 3.63) is 66.2 Å². The molecule has 6 nitrogen and oxygen atoms in total. The van der Waals surface area contributed by atoms with Crippen LogP contribution in [-0.2, 0) is 16.4 Å². The summed E-state index contributed by atoms with van der Waals surface area (Å²) in [7, 11) is -2.34. The Kier molecular flexibility index (Phi) is 4.99. The summed E-state index contributed by atoms with van der Waals surface area (Å²) < 4.78 is 32.8. The van der Waals surface area contributed by atoms with E-state index >= 15 is 0 Å². The van der Waals surface area contributed by atoms with Crippen molar-refractivity contribution in [1.82, 2.24) is 5.32 Å². The van der Waals surface area contributed by atoms with Crippen LogP contribution in [0, 0.1) is 0 Å². The summed E-state index contributed by atoms with van der Waals surface area (Å²) in [6.07, 6.45) is 2.21. The molecule has 0 fully saturated rings. The van der Waals surface area contributed by atoms with Crippen molar-refractivity contribution in [2.45, 2.75) is 11.3 Å². The van der Waals surface area contributed by atoms with Crippen molar-refractivity contribution < 1.29 is 17.9 Å². The molecule has 0 saturated heterocycles. The first kappa shape index (κ1) is 18.0. The maximum Gasteiger partial charge on any atom is 0.264 e. The molecule has 26 heavy (non-hydrogen) atoms. The zero-order valence-electron chi connectivity index (χ0n) is 14.4. The Labute approximate surface area is 153 Å². The first-order chi connectivity index (χ1) is 12.5. The van der Waals surface area contributed by atoms with Gasteiger partial charge in [-0.15, -0.1) is 6.58 Å². The number of sulfonamides is 1. The molecule has 0 bridgehead atoms. The lowest BCUT2D eigenvalue weighted by Crippen LogP contribution is -2.30. The van der Waals surface area contributed by atoms with Gasteiger partial charge in [0.2, 0.25) is 0 Å². The van der Waals surface area contributed by atoms with E-state index in [-0.39, 0.29) is 17.0 Å². The number of fused-ring (bicyclic) bond motifs is 1. The number of nitrogens with zero attached hydrogens (tertiary/aromatic N) is 1. The maximum atomic E-state index is 13.1. The third-order valence-corrected chi connectivity index (χ3v) is 6.06. The van der Waals surface area contributed by atoms with Crippen LogP contribution < -0.4 is 14.4 Å². The van der Waals surface area contributed by atoms with E-state index in [4.69, 9.17) is 4.74 Å². The fraction of sp³-hybridized carbons (Fsp3) is 0.211. The van der Waals surface area contributed by atoms with Crippen LogP contribution in [0.2, 0.25) is 0 Å². The number of hydrogen-bond donors (Lipinski definition) is 1. The van der Waals surface area contributed by atoms with Crippen molar-refractivity contribution in [3.8, 4) is 5.75 Å². The van der Waals surface area contributed by atoms with Crippen LogP contribution in [0.15, 0.2) is 60.0 Å². The maximum absolute atomic E-state index is 13.1. The largest absolute Gasteiger partial charge is 0.496 e. The Hall–Kier alpha value is -2.80. The summed E-state index contributed by atoms with van der Waals surface area (Å²) in [6.45, 7) is 4.21. The summed E-state index contributed by atoms with van der Waals surface area (Å²) in [5.74, 6) is -0.104. The minimum atomic E-state index is -3.78. The van der Waals surface area contributed by atoms with Crippen molar-refractivity contribution in [2.24, 2.45) is 0 Å². The Morgan fingerprint density at radius 2 is 2.08 bits per heavy atom. The molecule has 1 heterocycles. The predicted octanol–water partition coefficient (Wildman–Crippen LogP) is 2.36. The lowest BCUT2D eigenvalue weighted by molar-refractivity contribution is 0.0954. The van der Waals surface area contributed by atoms with Gasteiger partial charge < -0.3 is 10.1 Å². The fourth-order valence-electron chi connectivity index (χ4n) is 2.97. The number of rotatable bonds is 6. The van der Waals surface area contributed by atoms with E-state index in [2.05, 4.69) is 11.9 Å². The van der Waals surface area contributed by atoms with Gasteiger partial charge in [-0.1, -0.05) is 24.3 Å². The molecular weight excluding hydrogens is 352 g/mol. The van der Waals surface area contributed by atoms with Crippen LogP contribution in [0.1, 0.15) is 15.9 Å². The summed E-state index contributed by atoms with van der Waals surface area (Å²) >= 11 is 0. The van der Waals surface area contributed by atoms with E-state index in [9.17, 15) is 13.2 Å². The third-order valence-electron chi connectivity index (χ3n) is 4.26. The zero-order valence-corrected chi connectivity index (χ0v) is 15.3. The van der Waals surface area contributed by atoms with E-state index in [0.717, 1.165) is 5.56 Å². The second kappa shape index (κ2) is 7.21. The van der Waals surface area contributed by atoms with Crippen molar-refractivity contribution in [2.75, 3.05) is 24.5 Å². The summed E-state index contributed by atoms with van der Waals surface area (Å²) in [5, 5.41) is 2.64. The lowest BCUT2D eigenvalue weighted by Gasteiger charge is -2.20. The Balaban J connectivity index is 2.01. The molecule has 3 rings (SSSR count). The lowest BCUT2D eigenvalue weighted by atomic mass is 10.2. The summed E-state index contributed by atoms with van der Waals surface area (Å²) in [5.41, 5.74) is 1.84. The highest BCUT2D eigenvalue weighted by molar-refractivity contribution is 7.92. The number of carbonyl (C=O) groups is 1. The standard InChI is InChI=1S/C19H20N2O4S/c1-3-11-20-19(22)16-13-15(8-9-18(16)25-2)26(23,24)21-12-10-14-6-4-5-7-17(14)21/h3-9,13H,1,10-12H2,2H3,(H,20,22). The zero-order chi connectivity index (χ0) is 18.7. The van der Waals surface area contributed by atoms with Gasteiger partial charge in [0, 0.05) is 13.1 Å². The molecule has 0 aromatic heterocycles. The van der Waals surface area contributed by atoms with E-state index in [1.165, 1.54) is 29.6 Å². The highest BCUT2D eigenvalue weighted by Crippen LogP contribution is 2.33. The Morgan fingerprint density at radius 3 is 2.81 bits per heavy atom. The predicted molar refractivity (Wildman–Crippen MR) is 100 cm³/mol. The quantitative estimate of drug-likeness (QED) is 0.790. The third kappa shape index (κ3) is 3.17. The molecule has 1 aliphatic rings. The molecule has 0 spiro atoms. The Bertz CT molecular complexity index is 954. The van der Waals surface area contributed by atoms with Crippen LogP contribution in [-0.4, -0.2) is 34.5 Å². The number of amides is 1. The number of hydrogen-bond acceptors (Lipinski definition) is 4. The number of nitrogens with one attached hydrogen (secondary N) is 1. The topological polar surface area (TPSA) is 75.7 Å². The SMILES string of the molecule is C=CCNC(=O)c1cc(S(=O)(=O)N2CCc3ccccc32)ccc1OC. The average Bonchev–Trinajstić information content (AvgIpc) is 3.10. The number of ether oxygens (including phenoxy) is 1. The van der Waals surface area contributed by atoms with E-state index in [1.54, 1.807) is 12.1 Å². The summed E-state index contributed by atoms with van der Waals surface area (Å²) in [6, 6.07) is 11.7. The van der Waals surface area contributed by atoms with Gasteiger partial charge in [-0.2, -0.15) is 0 Å². The molecule has 0 radical (unpaired) electrons. The molecule has 2 aromatic carbocycles. The average molecular weight is 372 g/mol. The van der Waals surface area contributed by atoms with E-state index in [1.807, 2.05) is 18.2 Å². The van der Waals surface area contributed by atoms with Gasteiger partial charge in [0.25, 0.3) is 15.9 Å². The van der Waals surface area contributed by atoms with Gasteiger partial charge in [-0.05, 0) is 36.2 Å². The van der Waals surface area contributed by atoms with Crippen molar-refractivity contribution >= 4 is 21.6 Å². The minimum absolute atomic E-state index is 0.0544. The molecule has 2 aromatic rings. The van der Waals surface area contributed by atoms with Crippen molar-refractivity contribution in [3.63, 3.8) is 0 Å². The van der Waals surface area contributed by atoms with Gasteiger partial charge in [-0.25, -0.2) is 8.42 Å². The molecule has 136 valence electrons. The summed E-state index contributed by atoms with van der Waals surface area (Å²) in [4.78, 5) is 12.4. The van der Waals surface area contributed by atoms with Crippen LogP contribution in [0.5, 0.6) is 5.75 Å². The molecule has 1 aliphatic heterocycles. The van der Waals surface area contributed by atoms with Gasteiger partial charge >= 0.3 is 0 Å². The van der Waals surface area contributed by atoms with Gasteiger partial charge in [0.1, 0.15) is 5.75 Å². The van der Waals surface area contributed by atoms with Crippen molar-refractivity contribution in [1.29, 1.82) is 0 Å². The number of anilines is 1. The first-order valence-electron chi connectivity index (χ1n) is 8.17. The number of para-hydroxylation sites is 1. The molecule has 0 saturated carbocycles. The highest BCUT2D eigenvalue weighted by atomic mass is 32.2. The minimum Gasteiger partial charge on any atom is -0.496 e. The molecule has 0 atom stereocenters. The van der Waals surface area contributed by atoms with E-state index in [0.29, 0.717) is 24.4 Å². The molecule has 0 aliphatic carbocycles. The molecular formula is C19H20N2O4S. The number of benzene rings is 2. The second-order valence-corrected chi connectivity index (χ2v) is 7.68. The molecule has 7 heteroatoms. The monoisotopic (exact) mass is 372 g/mol. The van der Waals surface area contributed by atoms with Crippen LogP contribution in [0.4, 0.5) is 5.69 Å². The molecule has 1 amide bonds. The van der Waals surface area contributed by atoms with Crippen LogP contribution >= 0.6 is 0 Å². The van der Waals surface area contributed by atoms with Gasteiger partial charge in [0.15, 0.2) is 0 Å². The number of methoxy groups -OCH3 is 1. The first-order valence-corrected chi connectivity index (χ1v) is 9.61. The van der Waals surface area contributed by atoms with E-state index < -0.39 is 15.9 Å². The Morgan fingerprint density at radius 1 is 1.31 bits per heavy atom. The van der Waals surface area contributed by atoms with Gasteiger partial charge in [0.05, 0.1) is 23.3 Å². The smallest absolute Gasteiger partial charge is 0.264 e. The fourth-order valence-corrected chi connectivity index (χ4v) is 4.50. The normalized spacial score (nSPS) is 13.2.